The van der Waals surface area contributed by atoms with Gasteiger partial charge in [-0.1, -0.05) is 39.5 Å². The van der Waals surface area contributed by atoms with Crippen LogP contribution in [0.25, 0.3) is 0 Å². The lowest BCUT2D eigenvalue weighted by atomic mass is 10.0. The van der Waals surface area contributed by atoms with E-state index < -0.39 is 0 Å². The second-order valence-corrected chi connectivity index (χ2v) is 7.98. The number of hydrogen-bond donors (Lipinski definition) is 2. The second-order valence-electron chi connectivity index (χ2n) is 7.98. The van der Waals surface area contributed by atoms with Crippen molar-refractivity contribution in [3.8, 4) is 0 Å². The van der Waals surface area contributed by atoms with E-state index in [1.807, 2.05) is 0 Å². The smallest absolute Gasteiger partial charge is 0.225 e. The summed E-state index contributed by atoms with van der Waals surface area (Å²) in [6.07, 6.45) is 7.04. The van der Waals surface area contributed by atoms with Gasteiger partial charge in [-0.2, -0.15) is 0 Å². The fraction of sp³-hybridized carbons (Fsp3) is 0.905. The lowest BCUT2D eigenvalue weighted by Gasteiger charge is -2.36. The summed E-state index contributed by atoms with van der Waals surface area (Å²) in [5.41, 5.74) is 0. The summed E-state index contributed by atoms with van der Waals surface area (Å²) in [5.74, 6) is 2.32. The molecule has 1 saturated carbocycles. The number of amides is 1. The van der Waals surface area contributed by atoms with Crippen molar-refractivity contribution in [3.63, 3.8) is 0 Å². The largest absolute Gasteiger partial charge is 0.357 e. The Balaban J connectivity index is 1.67. The molecular weight excluding hydrogens is 338 g/mol. The maximum atomic E-state index is 12.5. The molecule has 6 heteroatoms. The Morgan fingerprint density at radius 2 is 1.70 bits per heavy atom. The van der Waals surface area contributed by atoms with E-state index in [0.29, 0.717) is 17.7 Å². The summed E-state index contributed by atoms with van der Waals surface area (Å²) in [7, 11) is 0. The minimum Gasteiger partial charge on any atom is -0.357 e. The van der Waals surface area contributed by atoms with Crippen LogP contribution < -0.4 is 10.6 Å². The number of piperazine rings is 1. The molecule has 0 radical (unpaired) electrons. The van der Waals surface area contributed by atoms with Crippen molar-refractivity contribution in [2.45, 2.75) is 59.3 Å². The summed E-state index contributed by atoms with van der Waals surface area (Å²) in [4.78, 5) is 21.8. The van der Waals surface area contributed by atoms with Crippen molar-refractivity contribution in [2.24, 2.45) is 16.8 Å². The average Bonchev–Trinajstić information content (AvgIpc) is 3.23. The Morgan fingerprint density at radius 3 is 2.30 bits per heavy atom. The van der Waals surface area contributed by atoms with E-state index in [9.17, 15) is 4.79 Å². The third-order valence-electron chi connectivity index (χ3n) is 6.12. The fourth-order valence-corrected chi connectivity index (χ4v) is 4.06. The first-order valence-corrected chi connectivity index (χ1v) is 11.2. The zero-order valence-corrected chi connectivity index (χ0v) is 17.8. The van der Waals surface area contributed by atoms with E-state index in [1.54, 1.807) is 0 Å². The molecule has 0 atom stereocenters. The van der Waals surface area contributed by atoms with Crippen LogP contribution >= 0.6 is 0 Å². The molecule has 1 aliphatic heterocycles. The first kappa shape index (κ1) is 22.0. The number of aliphatic imine (C=N–C) groups is 1. The Hall–Kier alpha value is -1.30. The van der Waals surface area contributed by atoms with Crippen molar-refractivity contribution < 1.29 is 4.79 Å². The fourth-order valence-electron chi connectivity index (χ4n) is 4.06. The van der Waals surface area contributed by atoms with Crippen LogP contribution in [0.5, 0.6) is 0 Å². The van der Waals surface area contributed by atoms with Gasteiger partial charge < -0.3 is 15.5 Å². The maximum Gasteiger partial charge on any atom is 0.225 e. The van der Waals surface area contributed by atoms with Crippen LogP contribution in [0, 0.1) is 11.8 Å². The molecule has 1 aliphatic carbocycles. The molecule has 2 N–H and O–H groups in total. The third kappa shape index (κ3) is 7.32. The number of guanidine groups is 1. The van der Waals surface area contributed by atoms with Crippen LogP contribution in [0.2, 0.25) is 0 Å². The van der Waals surface area contributed by atoms with E-state index in [0.717, 1.165) is 71.2 Å². The number of carbonyl (C=O) groups excluding carboxylic acids is 1. The van der Waals surface area contributed by atoms with Crippen molar-refractivity contribution in [3.05, 3.63) is 0 Å². The van der Waals surface area contributed by atoms with Crippen molar-refractivity contribution in [1.29, 1.82) is 0 Å². The van der Waals surface area contributed by atoms with Crippen LogP contribution in [-0.4, -0.2) is 74.0 Å². The zero-order chi connectivity index (χ0) is 19.5. The number of rotatable bonds is 9. The highest BCUT2D eigenvalue weighted by atomic mass is 16.2. The molecule has 2 fully saturated rings. The SMILES string of the molecule is CCNC(=NCC(CC)CC)NCCN1CCN(C(=O)C2CCCC2)CC1. The Kier molecular flexibility index (Phi) is 9.95. The number of hydrogen-bond acceptors (Lipinski definition) is 3. The van der Waals surface area contributed by atoms with Gasteiger partial charge in [-0.15, -0.1) is 0 Å². The first-order valence-electron chi connectivity index (χ1n) is 11.2. The zero-order valence-electron chi connectivity index (χ0n) is 17.8. The van der Waals surface area contributed by atoms with Crippen LogP contribution in [0.4, 0.5) is 0 Å². The number of nitrogens with one attached hydrogen (secondary N) is 2. The van der Waals surface area contributed by atoms with Crippen molar-refractivity contribution >= 4 is 11.9 Å². The monoisotopic (exact) mass is 379 g/mol. The van der Waals surface area contributed by atoms with Gasteiger partial charge in [0.1, 0.15) is 0 Å². The minimum atomic E-state index is 0.312. The van der Waals surface area contributed by atoms with Gasteiger partial charge in [0.2, 0.25) is 5.91 Å². The highest BCUT2D eigenvalue weighted by Crippen LogP contribution is 2.26. The van der Waals surface area contributed by atoms with Crippen LogP contribution in [-0.2, 0) is 4.79 Å². The van der Waals surface area contributed by atoms with E-state index in [1.165, 1.54) is 25.7 Å². The second kappa shape index (κ2) is 12.2. The van der Waals surface area contributed by atoms with Gasteiger partial charge >= 0.3 is 0 Å². The quantitative estimate of drug-likeness (QED) is 0.477. The Bertz CT molecular complexity index is 449. The van der Waals surface area contributed by atoms with Gasteiger partial charge in [0.05, 0.1) is 0 Å². The molecule has 0 aromatic rings. The molecule has 0 spiro atoms. The Morgan fingerprint density at radius 1 is 1.04 bits per heavy atom. The van der Waals surface area contributed by atoms with E-state index in [2.05, 4.69) is 41.2 Å². The standard InChI is InChI=1S/C21H41N5O/c1-4-18(5-2)17-24-21(22-6-3)23-11-12-25-13-15-26(16-14-25)20(27)19-9-7-8-10-19/h18-19H,4-17H2,1-3H3,(H2,22,23,24). The van der Waals surface area contributed by atoms with Gasteiger partial charge in [-0.25, -0.2) is 0 Å². The minimum absolute atomic E-state index is 0.312. The summed E-state index contributed by atoms with van der Waals surface area (Å²) < 4.78 is 0. The summed E-state index contributed by atoms with van der Waals surface area (Å²) in [6, 6.07) is 0. The predicted molar refractivity (Wildman–Crippen MR) is 113 cm³/mol. The van der Waals surface area contributed by atoms with Crippen LogP contribution in [0.1, 0.15) is 59.3 Å². The van der Waals surface area contributed by atoms with Gasteiger partial charge in [0, 0.05) is 58.3 Å². The van der Waals surface area contributed by atoms with E-state index in [4.69, 9.17) is 4.99 Å². The predicted octanol–water partition coefficient (Wildman–Crippen LogP) is 2.31. The van der Waals surface area contributed by atoms with Gasteiger partial charge in [-0.05, 0) is 25.7 Å². The van der Waals surface area contributed by atoms with Gasteiger partial charge in [0.25, 0.3) is 0 Å². The lowest BCUT2D eigenvalue weighted by molar-refractivity contribution is -0.137. The Labute approximate surface area is 166 Å². The average molecular weight is 380 g/mol. The summed E-state index contributed by atoms with van der Waals surface area (Å²) >= 11 is 0. The van der Waals surface area contributed by atoms with Crippen molar-refractivity contribution in [2.75, 3.05) is 52.4 Å². The highest BCUT2D eigenvalue weighted by molar-refractivity contribution is 5.80. The molecule has 0 aromatic heterocycles. The lowest BCUT2D eigenvalue weighted by Crippen LogP contribution is -2.51. The van der Waals surface area contributed by atoms with E-state index >= 15 is 0 Å². The van der Waals surface area contributed by atoms with Crippen LogP contribution in [0.3, 0.4) is 0 Å². The normalized spacial score (nSPS) is 19.7. The molecule has 0 unspecified atom stereocenters. The van der Waals surface area contributed by atoms with Crippen molar-refractivity contribution in [1.82, 2.24) is 20.4 Å². The number of carbonyl (C=O) groups is 1. The molecule has 2 rings (SSSR count). The highest BCUT2D eigenvalue weighted by Gasteiger charge is 2.29. The molecule has 0 aromatic carbocycles. The molecule has 27 heavy (non-hydrogen) atoms. The molecule has 1 heterocycles. The maximum absolute atomic E-state index is 12.5. The third-order valence-corrected chi connectivity index (χ3v) is 6.12. The first-order chi connectivity index (χ1) is 13.2. The van der Waals surface area contributed by atoms with Gasteiger partial charge in [-0.3, -0.25) is 14.7 Å². The molecule has 2 aliphatic rings. The summed E-state index contributed by atoms with van der Waals surface area (Å²) in [6.45, 7) is 14.0. The molecular formula is C21H41N5O. The number of nitrogens with zero attached hydrogens (tertiary/aromatic N) is 3. The summed E-state index contributed by atoms with van der Waals surface area (Å²) in [5, 5.41) is 6.81. The molecule has 156 valence electrons. The van der Waals surface area contributed by atoms with Crippen LogP contribution in [0.15, 0.2) is 4.99 Å². The molecule has 1 saturated heterocycles. The topological polar surface area (TPSA) is 60.0 Å². The molecule has 6 nitrogen and oxygen atoms in total. The van der Waals surface area contributed by atoms with E-state index in [-0.39, 0.29) is 0 Å². The van der Waals surface area contributed by atoms with Gasteiger partial charge in [0.15, 0.2) is 5.96 Å². The molecule has 0 bridgehead atoms. The molecule has 1 amide bonds.